The van der Waals surface area contributed by atoms with Crippen LogP contribution < -0.4 is 0 Å². The van der Waals surface area contributed by atoms with Crippen molar-refractivity contribution in [3.8, 4) is 6.07 Å². The standard InChI is InChI=1S/C21H22ClN3O4S2/c22-19-7-5-18(15-23)21(14-19)31(28,29)25-11-9-24(10-12-25)30(26,27)20-8-6-16-3-1-2-4-17(16)13-20/h5-8,13-14H,1-4,9-12H2. The van der Waals surface area contributed by atoms with Gasteiger partial charge in [-0.25, -0.2) is 16.8 Å². The van der Waals surface area contributed by atoms with Gasteiger partial charge in [-0.1, -0.05) is 17.7 Å². The number of hydrogen-bond donors (Lipinski definition) is 0. The molecule has 1 saturated heterocycles. The minimum absolute atomic E-state index is 0.00386. The Hall–Kier alpha value is -1.96. The van der Waals surface area contributed by atoms with Crippen molar-refractivity contribution in [2.45, 2.75) is 35.5 Å². The predicted molar refractivity (Wildman–Crippen MR) is 117 cm³/mol. The molecule has 164 valence electrons. The van der Waals surface area contributed by atoms with Gasteiger partial charge in [0.05, 0.1) is 10.5 Å². The van der Waals surface area contributed by atoms with Crippen molar-refractivity contribution in [2.75, 3.05) is 26.2 Å². The fourth-order valence-corrected chi connectivity index (χ4v) is 7.41. The van der Waals surface area contributed by atoms with Crippen LogP contribution in [0.2, 0.25) is 5.02 Å². The highest BCUT2D eigenvalue weighted by atomic mass is 35.5. The molecule has 0 atom stereocenters. The van der Waals surface area contributed by atoms with E-state index in [4.69, 9.17) is 11.6 Å². The first-order valence-corrected chi connectivity index (χ1v) is 13.3. The zero-order valence-corrected chi connectivity index (χ0v) is 19.2. The van der Waals surface area contributed by atoms with E-state index in [9.17, 15) is 22.1 Å². The average Bonchev–Trinajstić information content (AvgIpc) is 2.78. The second kappa shape index (κ2) is 8.52. The summed E-state index contributed by atoms with van der Waals surface area (Å²) >= 11 is 5.94. The number of aryl methyl sites for hydroxylation is 2. The van der Waals surface area contributed by atoms with Gasteiger partial charge in [0.15, 0.2) is 0 Å². The van der Waals surface area contributed by atoms with Crippen molar-refractivity contribution in [1.29, 1.82) is 5.26 Å². The number of nitrogens with zero attached hydrogens (tertiary/aromatic N) is 3. The van der Waals surface area contributed by atoms with Gasteiger partial charge in [0.2, 0.25) is 20.0 Å². The van der Waals surface area contributed by atoms with Crippen LogP contribution >= 0.6 is 11.6 Å². The third-order valence-corrected chi connectivity index (χ3v) is 9.91. The molecule has 1 aliphatic heterocycles. The van der Waals surface area contributed by atoms with E-state index < -0.39 is 20.0 Å². The van der Waals surface area contributed by atoms with Crippen LogP contribution in [0.25, 0.3) is 0 Å². The maximum atomic E-state index is 13.1. The van der Waals surface area contributed by atoms with Crippen molar-refractivity contribution < 1.29 is 16.8 Å². The number of nitriles is 1. The summed E-state index contributed by atoms with van der Waals surface area (Å²) in [6.45, 7) is 0.0932. The van der Waals surface area contributed by atoms with Crippen molar-refractivity contribution in [1.82, 2.24) is 8.61 Å². The molecule has 0 saturated carbocycles. The quantitative estimate of drug-likeness (QED) is 0.671. The Morgan fingerprint density at radius 3 is 2.06 bits per heavy atom. The van der Waals surface area contributed by atoms with Gasteiger partial charge in [0.1, 0.15) is 11.0 Å². The fourth-order valence-electron chi connectivity index (χ4n) is 4.11. The van der Waals surface area contributed by atoms with E-state index in [0.29, 0.717) is 0 Å². The van der Waals surface area contributed by atoms with Crippen LogP contribution in [-0.4, -0.2) is 51.6 Å². The Morgan fingerprint density at radius 2 is 1.42 bits per heavy atom. The summed E-state index contributed by atoms with van der Waals surface area (Å²) in [6.07, 6.45) is 4.03. The summed E-state index contributed by atoms with van der Waals surface area (Å²) in [7, 11) is -7.68. The summed E-state index contributed by atoms with van der Waals surface area (Å²) in [6, 6.07) is 11.3. The van der Waals surface area contributed by atoms with Gasteiger partial charge in [-0.3, -0.25) is 0 Å². The molecule has 0 bridgehead atoms. The highest BCUT2D eigenvalue weighted by Crippen LogP contribution is 2.28. The number of hydrogen-bond acceptors (Lipinski definition) is 5. The second-order valence-corrected chi connectivity index (χ2v) is 12.0. The molecule has 0 radical (unpaired) electrons. The normalized spacial score (nSPS) is 18.3. The molecule has 1 heterocycles. The smallest absolute Gasteiger partial charge is 0.207 e. The molecule has 10 heteroatoms. The van der Waals surface area contributed by atoms with Crippen molar-refractivity contribution in [3.05, 3.63) is 58.1 Å². The molecular formula is C21H22ClN3O4S2. The Kier molecular flexibility index (Phi) is 6.12. The lowest BCUT2D eigenvalue weighted by atomic mass is 9.92. The van der Waals surface area contributed by atoms with Crippen molar-refractivity contribution in [3.63, 3.8) is 0 Å². The Labute approximate surface area is 187 Å². The lowest BCUT2D eigenvalue weighted by molar-refractivity contribution is 0.272. The van der Waals surface area contributed by atoms with Crippen LogP contribution in [0.1, 0.15) is 29.5 Å². The number of benzene rings is 2. The molecule has 1 aliphatic carbocycles. The van der Waals surface area contributed by atoms with E-state index in [-0.39, 0.29) is 46.6 Å². The first-order valence-electron chi connectivity index (χ1n) is 10.1. The molecule has 0 unspecified atom stereocenters. The van der Waals surface area contributed by atoms with E-state index in [0.717, 1.165) is 31.2 Å². The molecule has 2 aliphatic rings. The summed E-state index contributed by atoms with van der Waals surface area (Å²) in [5.74, 6) is 0. The Balaban J connectivity index is 1.53. The van der Waals surface area contributed by atoms with Crippen LogP contribution in [0.3, 0.4) is 0 Å². The topological polar surface area (TPSA) is 98.5 Å². The molecule has 0 spiro atoms. The van der Waals surface area contributed by atoms with Crippen molar-refractivity contribution >= 4 is 31.6 Å². The molecule has 4 rings (SSSR count). The fraction of sp³-hybridized carbons (Fsp3) is 0.381. The van der Waals surface area contributed by atoms with Crippen molar-refractivity contribution in [2.24, 2.45) is 0 Å². The van der Waals surface area contributed by atoms with Crippen LogP contribution in [0.5, 0.6) is 0 Å². The third kappa shape index (κ3) is 4.23. The minimum atomic E-state index is -3.97. The maximum Gasteiger partial charge on any atom is 0.244 e. The third-order valence-electron chi connectivity index (χ3n) is 5.84. The molecule has 31 heavy (non-hydrogen) atoms. The average molecular weight is 480 g/mol. The number of piperazine rings is 1. The van der Waals surface area contributed by atoms with E-state index in [2.05, 4.69) is 0 Å². The monoisotopic (exact) mass is 479 g/mol. The zero-order chi connectivity index (χ0) is 22.2. The summed E-state index contributed by atoms with van der Waals surface area (Å²) in [5, 5.41) is 9.48. The highest BCUT2D eigenvalue weighted by Gasteiger charge is 2.35. The van der Waals surface area contributed by atoms with E-state index in [1.807, 2.05) is 12.1 Å². The van der Waals surface area contributed by atoms with E-state index >= 15 is 0 Å². The lowest BCUT2D eigenvalue weighted by Gasteiger charge is -2.33. The summed E-state index contributed by atoms with van der Waals surface area (Å²) in [5.41, 5.74) is 2.29. The predicted octanol–water partition coefficient (Wildman–Crippen LogP) is 2.79. The van der Waals surface area contributed by atoms with Gasteiger partial charge < -0.3 is 0 Å². The van der Waals surface area contributed by atoms with Gasteiger partial charge in [-0.05, 0) is 67.1 Å². The first kappa shape index (κ1) is 22.2. The number of halogens is 1. The molecule has 0 aromatic heterocycles. The molecule has 0 amide bonds. The van der Waals surface area contributed by atoms with Gasteiger partial charge in [0, 0.05) is 31.2 Å². The molecule has 7 nitrogen and oxygen atoms in total. The highest BCUT2D eigenvalue weighted by molar-refractivity contribution is 7.89. The van der Waals surface area contributed by atoms with Crippen LogP contribution in [0, 0.1) is 11.3 Å². The number of fused-ring (bicyclic) bond motifs is 1. The van der Waals surface area contributed by atoms with Gasteiger partial charge in [0.25, 0.3) is 0 Å². The maximum absolute atomic E-state index is 13.1. The van der Waals surface area contributed by atoms with Crippen LogP contribution in [0.15, 0.2) is 46.2 Å². The SMILES string of the molecule is N#Cc1ccc(Cl)cc1S(=O)(=O)N1CCN(S(=O)(=O)c2ccc3c(c2)CCCC3)CC1. The Bertz CT molecular complexity index is 1260. The van der Waals surface area contributed by atoms with Crippen LogP contribution in [-0.2, 0) is 32.9 Å². The largest absolute Gasteiger partial charge is 0.244 e. The summed E-state index contributed by atoms with van der Waals surface area (Å²) < 4.78 is 54.9. The molecule has 0 N–H and O–H groups in total. The molecule has 1 fully saturated rings. The summed E-state index contributed by atoms with van der Waals surface area (Å²) in [4.78, 5) is 0.0968. The number of sulfonamides is 2. The molecule has 2 aromatic carbocycles. The molecule has 2 aromatic rings. The van der Waals surface area contributed by atoms with E-state index in [1.54, 1.807) is 12.1 Å². The number of rotatable bonds is 4. The van der Waals surface area contributed by atoms with Gasteiger partial charge in [-0.2, -0.15) is 13.9 Å². The molecular weight excluding hydrogens is 458 g/mol. The van der Waals surface area contributed by atoms with E-state index in [1.165, 1.54) is 32.4 Å². The van der Waals surface area contributed by atoms with Gasteiger partial charge >= 0.3 is 0 Å². The first-order chi connectivity index (χ1) is 14.7. The second-order valence-electron chi connectivity index (χ2n) is 7.70. The minimum Gasteiger partial charge on any atom is -0.207 e. The van der Waals surface area contributed by atoms with Crippen LogP contribution in [0.4, 0.5) is 0 Å². The van der Waals surface area contributed by atoms with Gasteiger partial charge in [-0.15, -0.1) is 0 Å². The zero-order valence-electron chi connectivity index (χ0n) is 16.8. The lowest BCUT2D eigenvalue weighted by Crippen LogP contribution is -2.50. The Morgan fingerprint density at radius 1 is 0.806 bits per heavy atom.